The third-order valence-electron chi connectivity index (χ3n) is 4.59. The number of hydrogen-bond donors (Lipinski definition) is 1. The molecule has 0 spiro atoms. The highest BCUT2D eigenvalue weighted by atomic mass is 32.2. The number of ether oxygens (including phenoxy) is 1. The molecule has 3 aromatic rings. The quantitative estimate of drug-likeness (QED) is 0.309. The average Bonchev–Trinajstić information content (AvgIpc) is 2.74. The van der Waals surface area contributed by atoms with Gasteiger partial charge in [0, 0.05) is 13.2 Å². The van der Waals surface area contributed by atoms with Crippen LogP contribution < -0.4 is 10.9 Å². The molecule has 2 aromatic carbocycles. The molecule has 31 heavy (non-hydrogen) atoms. The van der Waals surface area contributed by atoms with E-state index in [9.17, 15) is 14.0 Å². The number of hydrogen-bond acceptors (Lipinski definition) is 5. The van der Waals surface area contributed by atoms with Crippen molar-refractivity contribution in [2.24, 2.45) is 0 Å². The number of benzene rings is 2. The Balaban J connectivity index is 1.81. The number of thioether (sulfide) groups is 1. The number of fused-ring (bicyclic) bond motifs is 1. The average molecular weight is 444 g/mol. The van der Waals surface area contributed by atoms with Crippen molar-refractivity contribution in [3.63, 3.8) is 0 Å². The molecule has 0 aliphatic rings. The predicted molar refractivity (Wildman–Crippen MR) is 121 cm³/mol. The molecule has 1 N–H and O–H groups in total. The van der Waals surface area contributed by atoms with E-state index in [4.69, 9.17) is 4.74 Å². The van der Waals surface area contributed by atoms with Gasteiger partial charge in [0.2, 0.25) is 5.91 Å². The summed E-state index contributed by atoms with van der Waals surface area (Å²) in [4.78, 5) is 30.0. The topological polar surface area (TPSA) is 73.2 Å². The van der Waals surface area contributed by atoms with Gasteiger partial charge in [0.1, 0.15) is 5.82 Å². The van der Waals surface area contributed by atoms with Gasteiger partial charge in [-0.1, -0.05) is 30.0 Å². The maximum Gasteiger partial charge on any atom is 0.266 e. The highest BCUT2D eigenvalue weighted by Gasteiger charge is 2.15. The van der Waals surface area contributed by atoms with E-state index in [0.717, 1.165) is 18.2 Å². The molecule has 0 saturated heterocycles. The van der Waals surface area contributed by atoms with Crippen LogP contribution in [0.3, 0.4) is 0 Å². The first-order chi connectivity index (χ1) is 14.9. The zero-order chi connectivity index (χ0) is 22.4. The summed E-state index contributed by atoms with van der Waals surface area (Å²) in [6.07, 6.45) is 0.879. The molecular weight excluding hydrogens is 417 g/mol. The van der Waals surface area contributed by atoms with Crippen LogP contribution in [0.2, 0.25) is 0 Å². The lowest BCUT2D eigenvalue weighted by atomic mass is 10.2. The Morgan fingerprint density at radius 2 is 2.03 bits per heavy atom. The zero-order valence-electron chi connectivity index (χ0n) is 17.9. The van der Waals surface area contributed by atoms with Gasteiger partial charge in [-0.25, -0.2) is 9.37 Å². The highest BCUT2D eigenvalue weighted by Crippen LogP contribution is 2.22. The Labute approximate surface area is 184 Å². The van der Waals surface area contributed by atoms with Gasteiger partial charge in [0.05, 0.1) is 28.4 Å². The maximum absolute atomic E-state index is 14.2. The second-order valence-electron chi connectivity index (χ2n) is 7.40. The van der Waals surface area contributed by atoms with Crippen LogP contribution in [-0.2, 0) is 9.53 Å². The van der Waals surface area contributed by atoms with Crippen LogP contribution in [-0.4, -0.2) is 40.5 Å². The third kappa shape index (κ3) is 5.92. The molecule has 0 unspecified atom stereocenters. The van der Waals surface area contributed by atoms with E-state index in [1.54, 1.807) is 43.3 Å². The Morgan fingerprint density at radius 3 is 2.77 bits per heavy atom. The fourth-order valence-corrected chi connectivity index (χ4v) is 3.80. The van der Waals surface area contributed by atoms with Crippen LogP contribution in [0.15, 0.2) is 52.4 Å². The van der Waals surface area contributed by atoms with Crippen molar-refractivity contribution in [3.8, 4) is 5.69 Å². The Bertz CT molecular complexity index is 1130. The highest BCUT2D eigenvalue weighted by molar-refractivity contribution is 7.99. The van der Waals surface area contributed by atoms with E-state index >= 15 is 0 Å². The van der Waals surface area contributed by atoms with Crippen LogP contribution in [0.25, 0.3) is 16.6 Å². The number of nitrogens with one attached hydrogen (secondary N) is 1. The number of para-hydroxylation sites is 1. The first-order valence-corrected chi connectivity index (χ1v) is 11.1. The molecule has 0 atom stereocenters. The van der Waals surface area contributed by atoms with Crippen molar-refractivity contribution >= 4 is 28.6 Å². The molecule has 0 saturated carbocycles. The van der Waals surface area contributed by atoms with E-state index < -0.39 is 5.82 Å². The molecule has 0 radical (unpaired) electrons. The smallest absolute Gasteiger partial charge is 0.266 e. The van der Waals surface area contributed by atoms with Crippen molar-refractivity contribution in [3.05, 3.63) is 64.2 Å². The molecule has 0 aliphatic heterocycles. The van der Waals surface area contributed by atoms with Gasteiger partial charge in [-0.3, -0.25) is 14.2 Å². The van der Waals surface area contributed by atoms with E-state index in [2.05, 4.69) is 10.3 Å². The molecular formula is C23H26FN3O3S. The molecule has 164 valence electrons. The number of halogens is 1. The van der Waals surface area contributed by atoms with Gasteiger partial charge in [-0.2, -0.15) is 0 Å². The summed E-state index contributed by atoms with van der Waals surface area (Å²) in [7, 11) is 0. The van der Waals surface area contributed by atoms with Crippen LogP contribution in [0, 0.1) is 12.7 Å². The van der Waals surface area contributed by atoms with Crippen molar-refractivity contribution in [2.45, 2.75) is 38.5 Å². The fourth-order valence-electron chi connectivity index (χ4n) is 2.96. The van der Waals surface area contributed by atoms with Gasteiger partial charge < -0.3 is 10.1 Å². The summed E-state index contributed by atoms with van der Waals surface area (Å²) in [6, 6.07) is 11.6. The lowest BCUT2D eigenvalue weighted by Gasteiger charge is -2.14. The first kappa shape index (κ1) is 23.0. The summed E-state index contributed by atoms with van der Waals surface area (Å²) in [6.45, 7) is 6.67. The Morgan fingerprint density at radius 1 is 1.26 bits per heavy atom. The van der Waals surface area contributed by atoms with Gasteiger partial charge in [0.25, 0.3) is 5.56 Å². The molecule has 1 aromatic heterocycles. The monoisotopic (exact) mass is 443 g/mol. The van der Waals surface area contributed by atoms with E-state index in [0.29, 0.717) is 40.5 Å². The normalized spacial score (nSPS) is 11.3. The zero-order valence-corrected chi connectivity index (χ0v) is 18.7. The summed E-state index contributed by atoms with van der Waals surface area (Å²) < 4.78 is 21.0. The first-order valence-electron chi connectivity index (χ1n) is 10.2. The number of aryl methyl sites for hydroxylation is 1. The molecule has 0 aliphatic carbocycles. The van der Waals surface area contributed by atoms with Crippen molar-refractivity contribution < 1.29 is 13.9 Å². The maximum atomic E-state index is 14.2. The van der Waals surface area contributed by atoms with Gasteiger partial charge in [0.15, 0.2) is 5.16 Å². The lowest BCUT2D eigenvalue weighted by Crippen LogP contribution is -2.28. The number of carbonyl (C=O) groups is 1. The van der Waals surface area contributed by atoms with Crippen LogP contribution in [0.1, 0.15) is 25.8 Å². The molecule has 6 nitrogen and oxygen atoms in total. The van der Waals surface area contributed by atoms with Crippen molar-refractivity contribution in [1.29, 1.82) is 0 Å². The minimum absolute atomic E-state index is 0.0875. The molecule has 3 rings (SSSR count). The summed E-state index contributed by atoms with van der Waals surface area (Å²) >= 11 is 1.14. The third-order valence-corrected chi connectivity index (χ3v) is 5.52. The molecule has 1 heterocycles. The lowest BCUT2D eigenvalue weighted by molar-refractivity contribution is -0.118. The number of rotatable bonds is 9. The molecule has 0 fully saturated rings. The van der Waals surface area contributed by atoms with Gasteiger partial charge in [-0.05, 0) is 57.0 Å². The molecule has 0 bridgehead atoms. The summed E-state index contributed by atoms with van der Waals surface area (Å²) in [5.41, 5.74) is 1.09. The minimum Gasteiger partial charge on any atom is -0.379 e. The minimum atomic E-state index is -0.408. The second kappa shape index (κ2) is 10.5. The predicted octanol–water partition coefficient (Wildman–Crippen LogP) is 3.86. The van der Waals surface area contributed by atoms with E-state index in [1.165, 1.54) is 10.6 Å². The molecule has 8 heteroatoms. The van der Waals surface area contributed by atoms with E-state index in [1.807, 2.05) is 13.8 Å². The fraction of sp³-hybridized carbons (Fsp3) is 0.348. The van der Waals surface area contributed by atoms with Crippen molar-refractivity contribution in [1.82, 2.24) is 14.9 Å². The summed E-state index contributed by atoms with van der Waals surface area (Å²) in [5, 5.41) is 3.61. The SMILES string of the molecule is Cc1ccc(-n2c(SCC(=O)NCCCOC(C)C)nc3ccccc3c2=O)cc1F. The second-order valence-corrected chi connectivity index (χ2v) is 8.34. The number of aromatic nitrogens is 2. The van der Waals surface area contributed by atoms with E-state index in [-0.39, 0.29) is 23.3 Å². The standard InChI is InChI=1S/C23H26FN3O3S/c1-15(2)30-12-6-11-25-21(28)14-31-23-26-20-8-5-4-7-18(20)22(29)27(23)17-10-9-16(3)19(24)13-17/h4-5,7-10,13,15H,6,11-12,14H2,1-3H3,(H,25,28). The Hall–Kier alpha value is -2.71. The largest absolute Gasteiger partial charge is 0.379 e. The van der Waals surface area contributed by atoms with Crippen LogP contribution in [0.5, 0.6) is 0 Å². The summed E-state index contributed by atoms with van der Waals surface area (Å²) in [5.74, 6) is -0.488. The Kier molecular flexibility index (Phi) is 7.81. The van der Waals surface area contributed by atoms with Crippen LogP contribution in [0.4, 0.5) is 4.39 Å². The number of carbonyl (C=O) groups excluding carboxylic acids is 1. The van der Waals surface area contributed by atoms with Crippen molar-refractivity contribution in [2.75, 3.05) is 18.9 Å². The van der Waals surface area contributed by atoms with Crippen LogP contribution >= 0.6 is 11.8 Å². The van der Waals surface area contributed by atoms with Gasteiger partial charge in [-0.15, -0.1) is 0 Å². The molecule has 1 amide bonds. The number of nitrogens with zero attached hydrogens (tertiary/aromatic N) is 2. The number of amides is 1. The van der Waals surface area contributed by atoms with Gasteiger partial charge >= 0.3 is 0 Å².